The number of aliphatic hydroxyl groups excluding tert-OH is 1. The standard InChI is InChI=1S/C17H28O4.C12H14O.C8H10.C2H6.CH4O/c1-12(2)7-14(8-13(3)4)5-6-15-9-16(10-20-11-18)21-17(15)19;1-3-4-11-8-10-7-9(2)5-6-12(10)13-11;1-7-3-5-8(2)6-4-7;2*1-2/h6,11-14,16H,5,7-10H2,1-4H3;5-8H,3-4H2,1-2H3;3-6H,1-2H3;1-2H3;2H,1H3/b15-6+;;;;. The SMILES string of the molecule is CC.CC(C)CC(C/C=C1\CC(COC=O)OC1=O)CC(C)C.CCCc1cc2cc(C)ccc2o1.CO.Cc1ccc(C)cc1. The van der Waals surface area contributed by atoms with Gasteiger partial charge in [-0.15, -0.1) is 0 Å². The summed E-state index contributed by atoms with van der Waals surface area (Å²) < 4.78 is 15.5. The summed E-state index contributed by atoms with van der Waals surface area (Å²) in [6.07, 6.45) is 7.70. The molecule has 1 aliphatic rings. The van der Waals surface area contributed by atoms with Gasteiger partial charge in [-0.2, -0.15) is 0 Å². The van der Waals surface area contributed by atoms with E-state index in [4.69, 9.17) is 14.3 Å². The molecule has 1 aromatic heterocycles. The van der Waals surface area contributed by atoms with Gasteiger partial charge in [0.05, 0.1) is 0 Å². The normalized spacial score (nSPS) is 14.4. The van der Waals surface area contributed by atoms with Gasteiger partial charge in [-0.05, 0) is 82.4 Å². The van der Waals surface area contributed by atoms with Crippen LogP contribution < -0.4 is 0 Å². The Bertz CT molecular complexity index is 1220. The van der Waals surface area contributed by atoms with E-state index in [1.54, 1.807) is 0 Å². The van der Waals surface area contributed by atoms with Crippen LogP contribution in [0.1, 0.15) is 103 Å². The molecule has 0 spiro atoms. The molecule has 6 nitrogen and oxygen atoms in total. The number of hydrogen-bond acceptors (Lipinski definition) is 6. The van der Waals surface area contributed by atoms with Crippen molar-refractivity contribution in [1.29, 1.82) is 0 Å². The van der Waals surface area contributed by atoms with Gasteiger partial charge in [-0.3, -0.25) is 4.79 Å². The Morgan fingerprint density at radius 3 is 1.93 bits per heavy atom. The van der Waals surface area contributed by atoms with Gasteiger partial charge in [-0.1, -0.05) is 102 Å². The van der Waals surface area contributed by atoms with E-state index in [0.29, 0.717) is 30.6 Å². The molecule has 0 amide bonds. The summed E-state index contributed by atoms with van der Waals surface area (Å²) in [5, 5.41) is 8.23. The Morgan fingerprint density at radius 1 is 0.891 bits per heavy atom. The molecule has 0 saturated carbocycles. The van der Waals surface area contributed by atoms with Crippen molar-refractivity contribution < 1.29 is 28.6 Å². The predicted molar refractivity (Wildman–Crippen MR) is 192 cm³/mol. The first kappa shape index (κ1) is 42.6. The van der Waals surface area contributed by atoms with Crippen molar-refractivity contribution in [3.05, 3.63) is 82.6 Å². The molecule has 1 unspecified atom stereocenters. The highest BCUT2D eigenvalue weighted by molar-refractivity contribution is 5.90. The molecule has 1 fully saturated rings. The topological polar surface area (TPSA) is 86.0 Å². The summed E-state index contributed by atoms with van der Waals surface area (Å²) in [5.41, 5.74) is 5.68. The number of benzene rings is 2. The zero-order chi connectivity index (χ0) is 35.1. The Kier molecular flexibility index (Phi) is 23.0. The third-order valence-corrected chi connectivity index (χ3v) is 7.08. The van der Waals surface area contributed by atoms with Crippen molar-refractivity contribution in [2.75, 3.05) is 13.7 Å². The minimum absolute atomic E-state index is 0.147. The van der Waals surface area contributed by atoms with Gasteiger partial charge in [0.15, 0.2) is 0 Å². The second kappa shape index (κ2) is 24.8. The van der Waals surface area contributed by atoms with Gasteiger partial charge in [0.25, 0.3) is 6.47 Å². The molecule has 46 heavy (non-hydrogen) atoms. The third kappa shape index (κ3) is 17.9. The van der Waals surface area contributed by atoms with Crippen LogP contribution >= 0.6 is 0 Å². The highest BCUT2D eigenvalue weighted by Gasteiger charge is 2.29. The molecule has 1 aliphatic heterocycles. The first-order chi connectivity index (χ1) is 22.0. The molecule has 2 heterocycles. The third-order valence-electron chi connectivity index (χ3n) is 7.08. The lowest BCUT2D eigenvalue weighted by atomic mass is 9.86. The van der Waals surface area contributed by atoms with Crippen LogP contribution in [0.2, 0.25) is 0 Å². The summed E-state index contributed by atoms with van der Waals surface area (Å²) in [6.45, 7) is 21.9. The second-order valence-electron chi connectivity index (χ2n) is 12.4. The zero-order valence-corrected chi connectivity index (χ0v) is 30.5. The molecule has 4 rings (SSSR count). The van der Waals surface area contributed by atoms with E-state index in [-0.39, 0.29) is 18.7 Å². The number of aliphatic hydroxyl groups is 1. The zero-order valence-electron chi connectivity index (χ0n) is 30.5. The molecule has 0 radical (unpaired) electrons. The number of esters is 1. The average Bonchev–Trinajstić information content (AvgIpc) is 3.60. The van der Waals surface area contributed by atoms with E-state index >= 15 is 0 Å². The number of cyclic esters (lactones) is 1. The number of rotatable bonds is 11. The minimum Gasteiger partial charge on any atom is -0.464 e. The van der Waals surface area contributed by atoms with Crippen molar-refractivity contribution in [2.24, 2.45) is 17.8 Å². The van der Waals surface area contributed by atoms with E-state index in [2.05, 4.69) is 103 Å². The summed E-state index contributed by atoms with van der Waals surface area (Å²) in [5.74, 6) is 2.77. The van der Waals surface area contributed by atoms with E-state index in [1.165, 1.54) is 34.9 Å². The maximum Gasteiger partial charge on any atom is 0.334 e. The fraction of sp³-hybridized carbons (Fsp3) is 0.550. The van der Waals surface area contributed by atoms with Gasteiger partial charge >= 0.3 is 5.97 Å². The van der Waals surface area contributed by atoms with Gasteiger partial charge in [0.2, 0.25) is 0 Å². The van der Waals surface area contributed by atoms with Crippen molar-refractivity contribution >= 4 is 23.4 Å². The smallest absolute Gasteiger partial charge is 0.334 e. The molecule has 0 aliphatic carbocycles. The highest BCUT2D eigenvalue weighted by Crippen LogP contribution is 2.27. The Hall–Kier alpha value is -3.38. The number of aryl methyl sites for hydroxylation is 4. The van der Waals surface area contributed by atoms with Crippen LogP contribution in [0.4, 0.5) is 0 Å². The number of carbonyl (C=O) groups excluding carboxylic acids is 2. The van der Waals surface area contributed by atoms with E-state index < -0.39 is 0 Å². The first-order valence-corrected chi connectivity index (χ1v) is 16.9. The number of carbonyl (C=O) groups is 2. The minimum atomic E-state index is -0.317. The molecule has 1 atom stereocenters. The maximum atomic E-state index is 11.8. The van der Waals surface area contributed by atoms with Crippen LogP contribution in [0.15, 0.2) is 64.6 Å². The first-order valence-electron chi connectivity index (χ1n) is 16.9. The number of fused-ring (bicyclic) bond motifs is 1. The Labute approximate surface area is 279 Å². The van der Waals surface area contributed by atoms with Crippen LogP contribution in [0, 0.1) is 38.5 Å². The number of allylic oxidation sites excluding steroid dienone is 1. The number of ether oxygens (including phenoxy) is 2. The van der Waals surface area contributed by atoms with Crippen LogP contribution in [0.3, 0.4) is 0 Å². The van der Waals surface area contributed by atoms with E-state index in [0.717, 1.165) is 43.3 Å². The van der Waals surface area contributed by atoms with Gasteiger partial charge < -0.3 is 19.0 Å². The molecule has 1 N–H and O–H groups in total. The molecular formula is C40H62O6. The fourth-order valence-corrected chi connectivity index (χ4v) is 5.16. The molecule has 1 saturated heterocycles. The average molecular weight is 639 g/mol. The predicted octanol–water partition coefficient (Wildman–Crippen LogP) is 10.1. The summed E-state index contributed by atoms with van der Waals surface area (Å²) >= 11 is 0. The highest BCUT2D eigenvalue weighted by atomic mass is 16.6. The largest absolute Gasteiger partial charge is 0.464 e. The lowest BCUT2D eigenvalue weighted by Gasteiger charge is -2.19. The van der Waals surface area contributed by atoms with Crippen LogP contribution in [-0.2, 0) is 25.5 Å². The quantitative estimate of drug-likeness (QED) is 0.128. The number of furan rings is 1. The van der Waals surface area contributed by atoms with Crippen molar-refractivity contribution in [3.63, 3.8) is 0 Å². The van der Waals surface area contributed by atoms with Crippen LogP contribution in [-0.4, -0.2) is 37.4 Å². The molecule has 6 heteroatoms. The van der Waals surface area contributed by atoms with Crippen LogP contribution in [0.5, 0.6) is 0 Å². The monoisotopic (exact) mass is 638 g/mol. The Balaban J connectivity index is 0.000000684. The molecule has 2 aromatic carbocycles. The van der Waals surface area contributed by atoms with Crippen molar-refractivity contribution in [1.82, 2.24) is 0 Å². The summed E-state index contributed by atoms with van der Waals surface area (Å²) in [6, 6.07) is 16.9. The lowest BCUT2D eigenvalue weighted by Crippen LogP contribution is -2.14. The summed E-state index contributed by atoms with van der Waals surface area (Å²) in [4.78, 5) is 21.9. The molecule has 258 valence electrons. The Morgan fingerprint density at radius 2 is 1.43 bits per heavy atom. The maximum absolute atomic E-state index is 11.8. The van der Waals surface area contributed by atoms with Crippen molar-refractivity contribution in [3.8, 4) is 0 Å². The van der Waals surface area contributed by atoms with Gasteiger partial charge in [0.1, 0.15) is 24.1 Å². The second-order valence-corrected chi connectivity index (χ2v) is 12.4. The number of hydrogen-bond donors (Lipinski definition) is 1. The summed E-state index contributed by atoms with van der Waals surface area (Å²) in [7, 11) is 1.00. The van der Waals surface area contributed by atoms with Crippen molar-refractivity contribution in [2.45, 2.75) is 114 Å². The lowest BCUT2D eigenvalue weighted by molar-refractivity contribution is -0.144. The molecule has 0 bridgehead atoms. The van der Waals surface area contributed by atoms with E-state index in [9.17, 15) is 9.59 Å². The van der Waals surface area contributed by atoms with Gasteiger partial charge in [0, 0.05) is 30.9 Å². The van der Waals surface area contributed by atoms with Gasteiger partial charge in [-0.25, -0.2) is 4.79 Å². The van der Waals surface area contributed by atoms with Crippen LogP contribution in [0.25, 0.3) is 11.0 Å². The molecule has 3 aromatic rings. The van der Waals surface area contributed by atoms with E-state index in [1.807, 2.05) is 26.0 Å². The fourth-order valence-electron chi connectivity index (χ4n) is 5.16. The molecular weight excluding hydrogens is 576 g/mol.